The summed E-state index contributed by atoms with van der Waals surface area (Å²) in [5, 5.41) is 34.1. The standard InChI is InChI=1S/C43H60N3O13PS.C6H10O4/c1-6-54-41(48)31(4)58-60(50,59-36-10-8-7-9-11-36)23-21-44-25-33-14-12-32(13-15-33)24-39(45-43(49)57-29-34-28-56-42-38(34)20-22-55-42)40(47)27-46(26-30(2)3)61(51,52)37-18-16-35(53-5)17-19-37;7-5(8)3-1-2-4-6(9)10/h7-19,30-31,34,38-40,42,44,47H,6,20-29H2,1-5H3,(H,45,49);1-4H2,(H,7,8)(H,9,10)/t31-,34?,38?,39?,40-,42?,60?;/m1./s1. The Morgan fingerprint density at radius 2 is 1.51 bits per heavy atom. The minimum absolute atomic E-state index is 0.0250. The Morgan fingerprint density at radius 3 is 2.11 bits per heavy atom. The number of carboxylic acid groups (broad SMARTS) is 2. The van der Waals surface area contributed by atoms with E-state index in [0.717, 1.165) is 17.5 Å². The van der Waals surface area contributed by atoms with Crippen molar-refractivity contribution in [1.29, 1.82) is 0 Å². The van der Waals surface area contributed by atoms with Gasteiger partial charge in [0.05, 0.1) is 56.7 Å². The van der Waals surface area contributed by atoms with E-state index in [1.54, 1.807) is 49.4 Å². The van der Waals surface area contributed by atoms with E-state index in [4.69, 9.17) is 42.9 Å². The van der Waals surface area contributed by atoms with Gasteiger partial charge in [-0.05, 0) is 93.0 Å². The number of rotatable bonds is 29. The fraction of sp³-hybridized carbons (Fsp3) is 0.551. The van der Waals surface area contributed by atoms with E-state index in [1.165, 1.54) is 30.5 Å². The van der Waals surface area contributed by atoms with Crippen LogP contribution in [0.2, 0.25) is 0 Å². The predicted octanol–water partition coefficient (Wildman–Crippen LogP) is 6.10. The van der Waals surface area contributed by atoms with Gasteiger partial charge in [0.15, 0.2) is 12.4 Å². The molecule has 71 heavy (non-hydrogen) atoms. The number of nitrogens with one attached hydrogen (secondary N) is 2. The van der Waals surface area contributed by atoms with Crippen molar-refractivity contribution in [2.75, 3.05) is 59.3 Å². The third kappa shape index (κ3) is 20.1. The number of esters is 1. The van der Waals surface area contributed by atoms with Gasteiger partial charge < -0.3 is 54.2 Å². The zero-order valence-corrected chi connectivity index (χ0v) is 42.7. The lowest BCUT2D eigenvalue weighted by atomic mass is 9.94. The first-order chi connectivity index (χ1) is 33.8. The van der Waals surface area contributed by atoms with E-state index in [-0.39, 0.29) is 87.2 Å². The second-order valence-corrected chi connectivity index (χ2v) is 21.5. The molecule has 0 bridgehead atoms. The monoisotopic (exact) mass is 1040 g/mol. The maximum atomic E-state index is 13.9. The fourth-order valence-electron chi connectivity index (χ4n) is 7.65. The molecule has 0 aromatic heterocycles. The number of carbonyl (C=O) groups is 4. The van der Waals surface area contributed by atoms with Crippen LogP contribution >= 0.6 is 7.60 Å². The molecule has 2 fully saturated rings. The number of fused-ring (bicyclic) bond motifs is 1. The second kappa shape index (κ2) is 29.4. The van der Waals surface area contributed by atoms with Crippen LogP contribution in [-0.4, -0.2) is 136 Å². The summed E-state index contributed by atoms with van der Waals surface area (Å²) < 4.78 is 81.5. The topological polar surface area (TPSA) is 272 Å². The molecule has 2 heterocycles. The molecule has 394 valence electrons. The third-order valence-electron chi connectivity index (χ3n) is 11.3. The zero-order chi connectivity index (χ0) is 52.0. The quantitative estimate of drug-likeness (QED) is 0.0299. The molecule has 5 unspecified atom stereocenters. The minimum atomic E-state index is -4.05. The number of ether oxygens (including phenoxy) is 5. The summed E-state index contributed by atoms with van der Waals surface area (Å²) in [6.07, 6.45) is -1.51. The number of unbranched alkanes of at least 4 members (excludes halogenated alkanes) is 1. The number of hydrogen-bond acceptors (Lipinski definition) is 16. The number of aliphatic hydroxyl groups excluding tert-OH is 1. The summed E-state index contributed by atoms with van der Waals surface area (Å²) >= 11 is 0. The predicted molar refractivity (Wildman–Crippen MR) is 260 cm³/mol. The first-order valence-electron chi connectivity index (χ1n) is 23.7. The molecular formula is C49H70N3O17PS. The van der Waals surface area contributed by atoms with E-state index in [2.05, 4.69) is 10.6 Å². The molecule has 22 heteroatoms. The number of benzene rings is 3. The molecule has 0 aliphatic carbocycles. The van der Waals surface area contributed by atoms with Crippen molar-refractivity contribution in [2.24, 2.45) is 17.8 Å². The Hall–Kier alpha value is -5.12. The van der Waals surface area contributed by atoms with E-state index < -0.39 is 59.9 Å². The van der Waals surface area contributed by atoms with Crippen LogP contribution in [0.1, 0.15) is 70.9 Å². The molecule has 0 spiro atoms. The van der Waals surface area contributed by atoms with Gasteiger partial charge in [-0.25, -0.2) is 22.6 Å². The van der Waals surface area contributed by atoms with Crippen LogP contribution in [0.3, 0.4) is 0 Å². The molecule has 2 saturated heterocycles. The third-order valence-corrected chi connectivity index (χ3v) is 15.1. The number of hydrogen-bond donors (Lipinski definition) is 5. The molecule has 2 aliphatic rings. The van der Waals surface area contributed by atoms with Crippen molar-refractivity contribution in [3.8, 4) is 11.5 Å². The highest BCUT2D eigenvalue weighted by atomic mass is 32.2. The van der Waals surface area contributed by atoms with Gasteiger partial charge in [0.25, 0.3) is 0 Å². The van der Waals surface area contributed by atoms with E-state index in [9.17, 15) is 37.3 Å². The number of aliphatic carboxylic acids is 2. The zero-order valence-electron chi connectivity index (χ0n) is 41.0. The summed E-state index contributed by atoms with van der Waals surface area (Å²) in [5.41, 5.74) is 1.65. The lowest BCUT2D eigenvalue weighted by Crippen LogP contribution is -2.51. The molecule has 1 amide bonds. The van der Waals surface area contributed by atoms with Crippen LogP contribution in [0, 0.1) is 17.8 Å². The largest absolute Gasteiger partial charge is 0.497 e. The number of carbonyl (C=O) groups excluding carboxylic acids is 2. The van der Waals surface area contributed by atoms with Crippen LogP contribution < -0.4 is 19.9 Å². The summed E-state index contributed by atoms with van der Waals surface area (Å²) in [4.78, 5) is 45.4. The second-order valence-electron chi connectivity index (χ2n) is 17.5. The number of carboxylic acids is 2. The average Bonchev–Trinajstić information content (AvgIpc) is 3.96. The van der Waals surface area contributed by atoms with E-state index >= 15 is 0 Å². The van der Waals surface area contributed by atoms with Gasteiger partial charge in [-0.2, -0.15) is 4.31 Å². The maximum Gasteiger partial charge on any atom is 0.407 e. The van der Waals surface area contributed by atoms with Gasteiger partial charge >= 0.3 is 31.6 Å². The van der Waals surface area contributed by atoms with Crippen molar-refractivity contribution in [1.82, 2.24) is 14.9 Å². The molecule has 0 radical (unpaired) electrons. The van der Waals surface area contributed by atoms with Gasteiger partial charge in [-0.15, -0.1) is 0 Å². The SMILES string of the molecule is CCOC(=O)[C@@H](C)OP(=O)(CCNCc1ccc(CC(NC(=O)OCC2COC3OCCC23)[C@H](O)CN(CC(C)C)S(=O)(=O)c2ccc(OC)cc2)cc1)Oc1ccccc1.O=C(O)CCCCC(=O)O. The fourth-order valence-corrected chi connectivity index (χ4v) is 11.0. The first-order valence-corrected chi connectivity index (χ1v) is 26.9. The molecule has 3 aromatic carbocycles. The summed E-state index contributed by atoms with van der Waals surface area (Å²) in [6, 6.07) is 21.2. The molecule has 2 aliphatic heterocycles. The molecule has 20 nitrogen and oxygen atoms in total. The molecule has 7 atom stereocenters. The van der Waals surface area contributed by atoms with Crippen LogP contribution in [0.4, 0.5) is 4.79 Å². The van der Waals surface area contributed by atoms with Crippen molar-refractivity contribution >= 4 is 41.6 Å². The van der Waals surface area contributed by atoms with Gasteiger partial charge in [-0.1, -0.05) is 56.3 Å². The van der Waals surface area contributed by atoms with Crippen LogP contribution in [0.25, 0.3) is 0 Å². The Labute approximate surface area is 416 Å². The molecule has 5 rings (SSSR count). The van der Waals surface area contributed by atoms with Gasteiger partial charge in [0.2, 0.25) is 10.0 Å². The number of para-hydroxylation sites is 1. The van der Waals surface area contributed by atoms with Crippen LogP contribution in [-0.2, 0) is 65.4 Å². The lowest BCUT2D eigenvalue weighted by Gasteiger charge is -2.30. The minimum Gasteiger partial charge on any atom is -0.497 e. The lowest BCUT2D eigenvalue weighted by molar-refractivity contribution is -0.150. The van der Waals surface area contributed by atoms with E-state index in [1.807, 2.05) is 38.1 Å². The van der Waals surface area contributed by atoms with Gasteiger partial charge in [-0.3, -0.25) is 14.1 Å². The number of sulfonamides is 1. The van der Waals surface area contributed by atoms with Crippen LogP contribution in [0.15, 0.2) is 83.8 Å². The Morgan fingerprint density at radius 1 is 0.859 bits per heavy atom. The van der Waals surface area contributed by atoms with Crippen molar-refractivity contribution in [3.63, 3.8) is 0 Å². The maximum absolute atomic E-state index is 13.9. The molecule has 5 N–H and O–H groups in total. The number of nitrogens with zero attached hydrogens (tertiary/aromatic N) is 1. The molecule has 0 saturated carbocycles. The van der Waals surface area contributed by atoms with Crippen LogP contribution in [0.5, 0.6) is 11.5 Å². The van der Waals surface area contributed by atoms with Gasteiger partial charge in [0, 0.05) is 50.9 Å². The summed E-state index contributed by atoms with van der Waals surface area (Å²) in [7, 11) is -6.35. The average molecular weight is 1040 g/mol. The number of aliphatic hydroxyl groups is 1. The normalized spacial score (nSPS) is 18.5. The first kappa shape index (κ1) is 58.5. The highest BCUT2D eigenvalue weighted by molar-refractivity contribution is 7.89. The molecular weight excluding hydrogens is 966 g/mol. The van der Waals surface area contributed by atoms with Crippen molar-refractivity contribution in [2.45, 2.75) is 102 Å². The highest BCUT2D eigenvalue weighted by Crippen LogP contribution is 2.49. The highest BCUT2D eigenvalue weighted by Gasteiger charge is 2.42. The van der Waals surface area contributed by atoms with Gasteiger partial charge in [0.1, 0.15) is 11.5 Å². The summed E-state index contributed by atoms with van der Waals surface area (Å²) in [6.45, 7) is 8.62. The number of alkyl carbamates (subject to hydrolysis) is 1. The summed E-state index contributed by atoms with van der Waals surface area (Å²) in [5.74, 6) is -1.49. The van der Waals surface area contributed by atoms with E-state index in [0.29, 0.717) is 44.1 Å². The molecule has 3 aromatic rings. The van der Waals surface area contributed by atoms with Crippen molar-refractivity contribution in [3.05, 3.63) is 90.0 Å². The number of methoxy groups -OCH3 is 1. The Kier molecular flexibility index (Phi) is 24.2. The smallest absolute Gasteiger partial charge is 0.407 e. The van der Waals surface area contributed by atoms with Crippen molar-refractivity contribution < 1.29 is 80.2 Å². The Bertz CT molecular complexity index is 2260. The number of amides is 1. The Balaban J connectivity index is 0.000000984.